The van der Waals surface area contributed by atoms with Crippen LogP contribution in [-0.4, -0.2) is 6.54 Å². The Hall–Kier alpha value is -0.840. The van der Waals surface area contributed by atoms with Gasteiger partial charge in [-0.2, -0.15) is 0 Å². The van der Waals surface area contributed by atoms with Crippen molar-refractivity contribution in [2.75, 3.05) is 6.54 Å². The molecule has 112 valence electrons. The fraction of sp³-hybridized carbons (Fsp3) is 0.294. The second-order valence-electron chi connectivity index (χ2n) is 5.01. The SMILES string of the molecule is CCNCc1ccc(Oc2cc(C)c(Br)c(C)c2)cc1Br. The maximum atomic E-state index is 5.96. The normalized spacial score (nSPS) is 10.7. The maximum Gasteiger partial charge on any atom is 0.128 e. The standard InChI is InChI=1S/C17H19Br2NO/c1-4-20-10-13-5-6-14(9-16(13)18)21-15-7-11(2)17(19)12(3)8-15/h5-9,20H,4,10H2,1-3H3. The molecule has 0 aliphatic carbocycles. The molecule has 0 heterocycles. The first kappa shape index (κ1) is 16.5. The highest BCUT2D eigenvalue weighted by molar-refractivity contribution is 9.10. The van der Waals surface area contributed by atoms with E-state index in [9.17, 15) is 0 Å². The number of benzene rings is 2. The maximum absolute atomic E-state index is 5.96. The van der Waals surface area contributed by atoms with Crippen LogP contribution in [0.3, 0.4) is 0 Å². The van der Waals surface area contributed by atoms with Crippen LogP contribution >= 0.6 is 31.9 Å². The van der Waals surface area contributed by atoms with E-state index in [1.165, 1.54) is 16.7 Å². The van der Waals surface area contributed by atoms with Crippen LogP contribution < -0.4 is 10.1 Å². The van der Waals surface area contributed by atoms with Crippen LogP contribution in [-0.2, 0) is 6.54 Å². The van der Waals surface area contributed by atoms with Crippen LogP contribution in [0.2, 0.25) is 0 Å². The molecule has 0 aromatic heterocycles. The van der Waals surface area contributed by atoms with Crippen LogP contribution in [0.25, 0.3) is 0 Å². The molecule has 0 radical (unpaired) electrons. The van der Waals surface area contributed by atoms with Crippen molar-refractivity contribution in [3.63, 3.8) is 0 Å². The van der Waals surface area contributed by atoms with E-state index < -0.39 is 0 Å². The van der Waals surface area contributed by atoms with Crippen molar-refractivity contribution < 1.29 is 4.74 Å². The van der Waals surface area contributed by atoms with Gasteiger partial charge in [-0.15, -0.1) is 0 Å². The minimum atomic E-state index is 0.836. The van der Waals surface area contributed by atoms with Crippen LogP contribution in [0.15, 0.2) is 39.3 Å². The number of nitrogens with one attached hydrogen (secondary N) is 1. The topological polar surface area (TPSA) is 21.3 Å². The number of aryl methyl sites for hydroxylation is 2. The summed E-state index contributed by atoms with van der Waals surface area (Å²) in [6.45, 7) is 8.05. The van der Waals surface area contributed by atoms with E-state index >= 15 is 0 Å². The van der Waals surface area contributed by atoms with Crippen LogP contribution in [0.1, 0.15) is 23.6 Å². The highest BCUT2D eigenvalue weighted by Gasteiger charge is 2.06. The third kappa shape index (κ3) is 4.31. The summed E-state index contributed by atoms with van der Waals surface area (Å²) in [6, 6.07) is 10.2. The van der Waals surface area contributed by atoms with E-state index in [4.69, 9.17) is 4.74 Å². The van der Waals surface area contributed by atoms with Gasteiger partial charge in [0.25, 0.3) is 0 Å². The van der Waals surface area contributed by atoms with Gasteiger partial charge in [-0.05, 0) is 61.3 Å². The summed E-state index contributed by atoms with van der Waals surface area (Å²) in [7, 11) is 0. The van der Waals surface area contributed by atoms with E-state index in [-0.39, 0.29) is 0 Å². The van der Waals surface area contributed by atoms with E-state index in [0.29, 0.717) is 0 Å². The zero-order valence-corrected chi connectivity index (χ0v) is 15.6. The Morgan fingerprint density at radius 3 is 2.24 bits per heavy atom. The number of ether oxygens (including phenoxy) is 1. The number of halogens is 2. The van der Waals surface area contributed by atoms with Crippen molar-refractivity contribution in [2.24, 2.45) is 0 Å². The molecule has 2 aromatic carbocycles. The second-order valence-corrected chi connectivity index (χ2v) is 6.65. The minimum Gasteiger partial charge on any atom is -0.457 e. The molecule has 4 heteroatoms. The molecule has 0 saturated carbocycles. The summed E-state index contributed by atoms with van der Waals surface area (Å²) in [5, 5.41) is 3.32. The first-order valence-electron chi connectivity index (χ1n) is 6.95. The third-order valence-corrected chi connectivity index (χ3v) is 5.22. The summed E-state index contributed by atoms with van der Waals surface area (Å²) in [6.07, 6.45) is 0. The molecule has 0 aliphatic rings. The molecular weight excluding hydrogens is 394 g/mol. The van der Waals surface area contributed by atoms with E-state index in [2.05, 4.69) is 64.0 Å². The molecule has 0 bridgehead atoms. The first-order valence-corrected chi connectivity index (χ1v) is 8.53. The average Bonchev–Trinajstić information content (AvgIpc) is 2.44. The van der Waals surface area contributed by atoms with Crippen molar-refractivity contribution in [2.45, 2.75) is 27.3 Å². The van der Waals surface area contributed by atoms with Gasteiger partial charge in [0.05, 0.1) is 0 Å². The molecule has 2 nitrogen and oxygen atoms in total. The second kappa shape index (κ2) is 7.43. The van der Waals surface area contributed by atoms with E-state index in [1.54, 1.807) is 0 Å². The van der Waals surface area contributed by atoms with Crippen LogP contribution in [0.5, 0.6) is 11.5 Å². The van der Waals surface area contributed by atoms with Gasteiger partial charge >= 0.3 is 0 Å². The summed E-state index contributed by atoms with van der Waals surface area (Å²) in [5.41, 5.74) is 3.58. The zero-order valence-electron chi connectivity index (χ0n) is 12.5. The molecule has 1 N–H and O–H groups in total. The molecule has 21 heavy (non-hydrogen) atoms. The molecule has 2 rings (SSSR count). The molecule has 2 aromatic rings. The summed E-state index contributed by atoms with van der Waals surface area (Å²) in [4.78, 5) is 0. The molecular formula is C17H19Br2NO. The van der Waals surface area contributed by atoms with Gasteiger partial charge in [0.15, 0.2) is 0 Å². The van der Waals surface area contributed by atoms with Gasteiger partial charge in [-0.1, -0.05) is 44.8 Å². The van der Waals surface area contributed by atoms with Gasteiger partial charge in [0, 0.05) is 15.5 Å². The lowest BCUT2D eigenvalue weighted by Gasteiger charge is -2.12. The van der Waals surface area contributed by atoms with Crippen molar-refractivity contribution in [1.82, 2.24) is 5.32 Å². The van der Waals surface area contributed by atoms with Crippen LogP contribution in [0, 0.1) is 13.8 Å². The fourth-order valence-corrected chi connectivity index (χ4v) is 2.82. The van der Waals surface area contributed by atoms with Crippen molar-refractivity contribution in [3.05, 3.63) is 56.0 Å². The Morgan fingerprint density at radius 2 is 1.67 bits per heavy atom. The molecule has 0 fully saturated rings. The highest BCUT2D eigenvalue weighted by Crippen LogP contribution is 2.31. The Kier molecular flexibility index (Phi) is 5.85. The van der Waals surface area contributed by atoms with E-state index in [0.717, 1.165) is 33.5 Å². The fourth-order valence-electron chi connectivity index (χ4n) is 2.10. The lowest BCUT2D eigenvalue weighted by Crippen LogP contribution is -2.11. The molecule has 0 spiro atoms. The quantitative estimate of drug-likeness (QED) is 0.676. The Labute approximate surface area is 143 Å². The number of hydrogen-bond donors (Lipinski definition) is 1. The molecule has 0 unspecified atom stereocenters. The van der Waals surface area contributed by atoms with Crippen molar-refractivity contribution >= 4 is 31.9 Å². The number of rotatable bonds is 5. The smallest absolute Gasteiger partial charge is 0.128 e. The zero-order chi connectivity index (χ0) is 15.4. The molecule has 0 saturated heterocycles. The first-order chi connectivity index (χ1) is 10.0. The molecule has 0 aliphatic heterocycles. The van der Waals surface area contributed by atoms with Gasteiger partial charge in [0.1, 0.15) is 11.5 Å². The van der Waals surface area contributed by atoms with E-state index in [1.807, 2.05) is 24.3 Å². The van der Waals surface area contributed by atoms with Crippen molar-refractivity contribution in [1.29, 1.82) is 0 Å². The van der Waals surface area contributed by atoms with Gasteiger partial charge in [-0.3, -0.25) is 0 Å². The third-order valence-electron chi connectivity index (χ3n) is 3.24. The van der Waals surface area contributed by atoms with Crippen LogP contribution in [0.4, 0.5) is 0 Å². The predicted molar refractivity (Wildman–Crippen MR) is 95.2 cm³/mol. The monoisotopic (exact) mass is 411 g/mol. The predicted octanol–water partition coefficient (Wildman–Crippen LogP) is 5.73. The van der Waals surface area contributed by atoms with Crippen molar-refractivity contribution in [3.8, 4) is 11.5 Å². The van der Waals surface area contributed by atoms with Gasteiger partial charge < -0.3 is 10.1 Å². The Bertz CT molecular complexity index is 618. The summed E-state index contributed by atoms with van der Waals surface area (Å²) < 4.78 is 8.16. The summed E-state index contributed by atoms with van der Waals surface area (Å²) >= 11 is 7.18. The summed E-state index contributed by atoms with van der Waals surface area (Å²) in [5.74, 6) is 1.70. The molecule has 0 amide bonds. The Morgan fingerprint density at radius 1 is 1.00 bits per heavy atom. The van der Waals surface area contributed by atoms with Gasteiger partial charge in [0.2, 0.25) is 0 Å². The van der Waals surface area contributed by atoms with Gasteiger partial charge in [-0.25, -0.2) is 0 Å². The number of hydrogen-bond acceptors (Lipinski definition) is 2. The highest BCUT2D eigenvalue weighted by atomic mass is 79.9. The lowest BCUT2D eigenvalue weighted by atomic mass is 10.1. The minimum absolute atomic E-state index is 0.836. The lowest BCUT2D eigenvalue weighted by molar-refractivity contribution is 0.481. The molecule has 0 atom stereocenters. The Balaban J connectivity index is 2.18. The largest absolute Gasteiger partial charge is 0.457 e. The average molecular weight is 413 g/mol.